The minimum Gasteiger partial charge on any atom is -0.490 e. The fourth-order valence-corrected chi connectivity index (χ4v) is 2.38. The fourth-order valence-electron chi connectivity index (χ4n) is 2.38. The monoisotopic (exact) mass is 295 g/mol. The molecule has 1 unspecified atom stereocenters. The van der Waals surface area contributed by atoms with Gasteiger partial charge < -0.3 is 14.8 Å². The first kappa shape index (κ1) is 16.2. The first-order valence-electron chi connectivity index (χ1n) is 7.72. The van der Waals surface area contributed by atoms with Gasteiger partial charge in [-0.1, -0.05) is 12.1 Å². The summed E-state index contributed by atoms with van der Waals surface area (Å²) in [5.74, 6) is 0.0720. The second-order valence-electron chi connectivity index (χ2n) is 6.60. The highest BCUT2D eigenvalue weighted by molar-refractivity contribution is 5.35. The van der Waals surface area contributed by atoms with Crippen molar-refractivity contribution in [2.24, 2.45) is 0 Å². The first-order valence-corrected chi connectivity index (χ1v) is 7.72. The standard InChI is InChI=1S/C17H26FNO2/c1-17(2,3)19-12-13-6-4-8-15(18)16(13)21-11-9-14-7-5-10-20-14/h4,6,8,14,19H,5,7,9-12H2,1-3H3. The van der Waals surface area contributed by atoms with Crippen molar-refractivity contribution in [3.63, 3.8) is 0 Å². The van der Waals surface area contributed by atoms with Crippen LogP contribution in [0.15, 0.2) is 18.2 Å². The molecule has 1 heterocycles. The number of hydrogen-bond acceptors (Lipinski definition) is 3. The number of nitrogens with one attached hydrogen (secondary N) is 1. The van der Waals surface area contributed by atoms with Gasteiger partial charge in [0.25, 0.3) is 0 Å². The molecule has 1 aromatic rings. The molecule has 118 valence electrons. The van der Waals surface area contributed by atoms with Gasteiger partial charge >= 0.3 is 0 Å². The maximum absolute atomic E-state index is 14.0. The molecule has 4 heteroatoms. The molecule has 1 N–H and O–H groups in total. The van der Waals surface area contributed by atoms with Crippen molar-refractivity contribution < 1.29 is 13.9 Å². The van der Waals surface area contributed by atoms with Gasteiger partial charge in [-0.2, -0.15) is 0 Å². The lowest BCUT2D eigenvalue weighted by molar-refractivity contribution is 0.0895. The fraction of sp³-hybridized carbons (Fsp3) is 0.647. The molecule has 1 fully saturated rings. The van der Waals surface area contributed by atoms with E-state index in [2.05, 4.69) is 26.1 Å². The van der Waals surface area contributed by atoms with E-state index in [1.807, 2.05) is 6.07 Å². The summed E-state index contributed by atoms with van der Waals surface area (Å²) < 4.78 is 25.2. The van der Waals surface area contributed by atoms with Crippen LogP contribution in [-0.4, -0.2) is 24.9 Å². The van der Waals surface area contributed by atoms with Crippen LogP contribution in [-0.2, 0) is 11.3 Å². The summed E-state index contributed by atoms with van der Waals surface area (Å²) in [6.07, 6.45) is 3.29. The average molecular weight is 295 g/mol. The quantitative estimate of drug-likeness (QED) is 0.868. The van der Waals surface area contributed by atoms with E-state index in [4.69, 9.17) is 9.47 Å². The summed E-state index contributed by atoms with van der Waals surface area (Å²) in [5, 5.41) is 3.37. The van der Waals surface area contributed by atoms with Gasteiger partial charge in [-0.25, -0.2) is 4.39 Å². The third kappa shape index (κ3) is 5.29. The Labute approximate surface area is 126 Å². The Balaban J connectivity index is 1.93. The number of ether oxygens (including phenoxy) is 2. The maximum Gasteiger partial charge on any atom is 0.165 e. The molecule has 1 atom stereocenters. The molecule has 1 aliphatic rings. The minimum atomic E-state index is -0.296. The molecule has 0 radical (unpaired) electrons. The Morgan fingerprint density at radius 3 is 2.86 bits per heavy atom. The summed E-state index contributed by atoms with van der Waals surface area (Å²) in [6, 6.07) is 5.08. The zero-order valence-corrected chi connectivity index (χ0v) is 13.2. The number of rotatable bonds is 6. The number of halogens is 1. The van der Waals surface area contributed by atoms with Gasteiger partial charge in [0.1, 0.15) is 0 Å². The van der Waals surface area contributed by atoms with E-state index in [0.29, 0.717) is 18.9 Å². The third-order valence-electron chi connectivity index (χ3n) is 3.57. The van der Waals surface area contributed by atoms with Crippen LogP contribution in [0.4, 0.5) is 4.39 Å². The molecule has 3 nitrogen and oxygen atoms in total. The number of benzene rings is 1. The van der Waals surface area contributed by atoms with Crippen LogP contribution in [0.25, 0.3) is 0 Å². The van der Waals surface area contributed by atoms with Gasteiger partial charge in [-0.05, 0) is 39.7 Å². The van der Waals surface area contributed by atoms with Crippen molar-refractivity contribution in [3.8, 4) is 5.75 Å². The van der Waals surface area contributed by atoms with Crippen molar-refractivity contribution in [2.45, 2.75) is 58.2 Å². The van der Waals surface area contributed by atoms with Crippen LogP contribution in [0.2, 0.25) is 0 Å². The summed E-state index contributed by atoms with van der Waals surface area (Å²) >= 11 is 0. The highest BCUT2D eigenvalue weighted by Crippen LogP contribution is 2.24. The Bertz CT molecular complexity index is 451. The van der Waals surface area contributed by atoms with E-state index < -0.39 is 0 Å². The van der Waals surface area contributed by atoms with Crippen LogP contribution in [0.1, 0.15) is 45.6 Å². The first-order chi connectivity index (χ1) is 9.96. The van der Waals surface area contributed by atoms with E-state index in [9.17, 15) is 4.39 Å². The van der Waals surface area contributed by atoms with E-state index >= 15 is 0 Å². The zero-order valence-electron chi connectivity index (χ0n) is 13.2. The number of para-hydroxylation sites is 1. The zero-order chi connectivity index (χ0) is 15.3. The predicted molar refractivity (Wildman–Crippen MR) is 82.1 cm³/mol. The molecule has 0 amide bonds. The van der Waals surface area contributed by atoms with Gasteiger partial charge in [-0.15, -0.1) is 0 Å². The molecule has 1 aromatic carbocycles. The smallest absolute Gasteiger partial charge is 0.165 e. The Hall–Kier alpha value is -1.13. The molecule has 0 bridgehead atoms. The SMILES string of the molecule is CC(C)(C)NCc1cccc(F)c1OCCC1CCCO1. The lowest BCUT2D eigenvalue weighted by atomic mass is 10.1. The largest absolute Gasteiger partial charge is 0.490 e. The number of hydrogen-bond donors (Lipinski definition) is 1. The van der Waals surface area contributed by atoms with Crippen molar-refractivity contribution >= 4 is 0 Å². The Morgan fingerprint density at radius 2 is 2.19 bits per heavy atom. The van der Waals surface area contributed by atoms with Crippen molar-refractivity contribution in [1.29, 1.82) is 0 Å². The van der Waals surface area contributed by atoms with Crippen LogP contribution in [0.3, 0.4) is 0 Å². The minimum absolute atomic E-state index is 0.0126. The summed E-state index contributed by atoms with van der Waals surface area (Å²) in [5.41, 5.74) is 0.846. The predicted octanol–water partition coefficient (Wildman–Crippen LogP) is 3.66. The van der Waals surface area contributed by atoms with Gasteiger partial charge in [0.05, 0.1) is 12.7 Å². The maximum atomic E-state index is 14.0. The average Bonchev–Trinajstić information content (AvgIpc) is 2.91. The van der Waals surface area contributed by atoms with E-state index in [0.717, 1.165) is 31.4 Å². The van der Waals surface area contributed by atoms with Gasteiger partial charge in [0, 0.05) is 30.7 Å². The Morgan fingerprint density at radius 1 is 1.38 bits per heavy atom. The van der Waals surface area contributed by atoms with Gasteiger partial charge in [0.2, 0.25) is 0 Å². The second-order valence-corrected chi connectivity index (χ2v) is 6.60. The highest BCUT2D eigenvalue weighted by Gasteiger charge is 2.17. The lowest BCUT2D eigenvalue weighted by Gasteiger charge is -2.22. The van der Waals surface area contributed by atoms with E-state index in [1.54, 1.807) is 6.07 Å². The van der Waals surface area contributed by atoms with Crippen LogP contribution >= 0.6 is 0 Å². The summed E-state index contributed by atoms with van der Waals surface area (Å²) in [4.78, 5) is 0. The van der Waals surface area contributed by atoms with Crippen LogP contribution in [0.5, 0.6) is 5.75 Å². The molecule has 0 spiro atoms. The topological polar surface area (TPSA) is 30.5 Å². The molecular weight excluding hydrogens is 269 g/mol. The third-order valence-corrected chi connectivity index (χ3v) is 3.57. The molecule has 0 aliphatic carbocycles. The van der Waals surface area contributed by atoms with Crippen LogP contribution < -0.4 is 10.1 Å². The Kier molecular flexibility index (Phi) is 5.59. The molecule has 2 rings (SSSR count). The molecule has 1 saturated heterocycles. The second kappa shape index (κ2) is 7.23. The highest BCUT2D eigenvalue weighted by atomic mass is 19.1. The van der Waals surface area contributed by atoms with E-state index in [1.165, 1.54) is 6.07 Å². The molecule has 21 heavy (non-hydrogen) atoms. The van der Waals surface area contributed by atoms with Crippen molar-refractivity contribution in [3.05, 3.63) is 29.6 Å². The van der Waals surface area contributed by atoms with E-state index in [-0.39, 0.29) is 17.5 Å². The molecule has 0 saturated carbocycles. The summed E-state index contributed by atoms with van der Waals surface area (Å²) in [6.45, 7) is 8.19. The molecule has 0 aromatic heterocycles. The van der Waals surface area contributed by atoms with Crippen LogP contribution in [0, 0.1) is 5.82 Å². The van der Waals surface area contributed by atoms with Crippen molar-refractivity contribution in [2.75, 3.05) is 13.2 Å². The van der Waals surface area contributed by atoms with Gasteiger partial charge in [0.15, 0.2) is 11.6 Å². The molecular formula is C17H26FNO2. The normalized spacial score (nSPS) is 19.0. The lowest BCUT2D eigenvalue weighted by Crippen LogP contribution is -2.35. The summed E-state index contributed by atoms with van der Waals surface area (Å²) in [7, 11) is 0. The molecule has 1 aliphatic heterocycles. The van der Waals surface area contributed by atoms with Gasteiger partial charge in [-0.3, -0.25) is 0 Å². The van der Waals surface area contributed by atoms with Crippen molar-refractivity contribution in [1.82, 2.24) is 5.32 Å².